The van der Waals surface area contributed by atoms with E-state index in [0.29, 0.717) is 5.69 Å². The zero-order valence-corrected chi connectivity index (χ0v) is 18.4. The van der Waals surface area contributed by atoms with Gasteiger partial charge in [0, 0.05) is 11.3 Å². The van der Waals surface area contributed by atoms with Crippen molar-refractivity contribution in [1.29, 1.82) is 0 Å². The van der Waals surface area contributed by atoms with Crippen molar-refractivity contribution in [2.45, 2.75) is 32.3 Å². The van der Waals surface area contributed by atoms with E-state index in [9.17, 15) is 19.2 Å². The minimum Gasteiger partial charge on any atom is -0.468 e. The topological polar surface area (TPSA) is 134 Å². The van der Waals surface area contributed by atoms with Crippen molar-refractivity contribution in [1.82, 2.24) is 0 Å². The van der Waals surface area contributed by atoms with Crippen molar-refractivity contribution in [2.75, 3.05) is 25.7 Å². The molecule has 10 heteroatoms. The number of hydrogen-bond donors (Lipinski definition) is 1. The van der Waals surface area contributed by atoms with Crippen molar-refractivity contribution in [3.8, 4) is 0 Å². The Morgan fingerprint density at radius 1 is 1.09 bits per heavy atom. The van der Waals surface area contributed by atoms with Gasteiger partial charge < -0.3 is 24.7 Å². The van der Waals surface area contributed by atoms with Gasteiger partial charge in [0.25, 0.3) is 0 Å². The molecule has 0 fully saturated rings. The minimum absolute atomic E-state index is 0.0103. The van der Waals surface area contributed by atoms with E-state index in [1.54, 1.807) is 38.1 Å². The quantitative estimate of drug-likeness (QED) is 0.522. The van der Waals surface area contributed by atoms with Gasteiger partial charge in [-0.2, -0.15) is 0 Å². The maximum absolute atomic E-state index is 14.0. The monoisotopic (exact) mass is 444 g/mol. The highest BCUT2D eigenvalue weighted by Gasteiger charge is 2.64. The highest BCUT2D eigenvalue weighted by Crippen LogP contribution is 2.54. The molecule has 0 saturated carbocycles. The Morgan fingerprint density at radius 3 is 2.34 bits per heavy atom. The van der Waals surface area contributed by atoms with Gasteiger partial charge in [-0.3, -0.25) is 14.5 Å². The van der Waals surface area contributed by atoms with E-state index < -0.39 is 47.8 Å². The fourth-order valence-electron chi connectivity index (χ4n) is 4.05. The fraction of sp³-hybridized carbons (Fsp3) is 0.364. The Morgan fingerprint density at radius 2 is 1.75 bits per heavy atom. The van der Waals surface area contributed by atoms with E-state index in [1.807, 2.05) is 0 Å². The molecular weight excluding hydrogens is 420 g/mol. The number of carbonyl (C=O) groups is 4. The van der Waals surface area contributed by atoms with Gasteiger partial charge in [-0.1, -0.05) is 18.2 Å². The van der Waals surface area contributed by atoms with Gasteiger partial charge >= 0.3 is 17.9 Å². The average molecular weight is 444 g/mol. The number of nitrogens with two attached hydrogens (primary N) is 1. The number of nitrogens with zero attached hydrogens (tertiary/aromatic N) is 1. The molecule has 0 saturated heterocycles. The molecule has 2 heterocycles. The summed E-state index contributed by atoms with van der Waals surface area (Å²) < 4.78 is 20.5. The van der Waals surface area contributed by atoms with Gasteiger partial charge in [0.1, 0.15) is 28.9 Å². The number of para-hydroxylation sites is 1. The van der Waals surface area contributed by atoms with E-state index in [4.69, 9.17) is 24.7 Å². The highest BCUT2D eigenvalue weighted by molar-refractivity contribution is 6.23. The molecule has 2 aliphatic heterocycles. The summed E-state index contributed by atoms with van der Waals surface area (Å²) in [4.78, 5) is 53.4. The summed E-state index contributed by atoms with van der Waals surface area (Å²) in [6, 6.07) is 6.45. The van der Waals surface area contributed by atoms with Crippen LogP contribution in [-0.4, -0.2) is 50.7 Å². The number of hydrogen-bond acceptors (Lipinski definition) is 9. The summed E-state index contributed by atoms with van der Waals surface area (Å²) in [5, 5.41) is 0. The number of rotatable bonds is 5. The molecule has 10 nitrogen and oxygen atoms in total. The molecule has 170 valence electrons. The van der Waals surface area contributed by atoms with Gasteiger partial charge in [-0.05, 0) is 26.8 Å². The van der Waals surface area contributed by atoms with Crippen LogP contribution >= 0.6 is 0 Å². The number of anilines is 1. The largest absolute Gasteiger partial charge is 0.468 e. The van der Waals surface area contributed by atoms with Gasteiger partial charge in [0.05, 0.1) is 20.3 Å². The van der Waals surface area contributed by atoms with Crippen LogP contribution in [0.1, 0.15) is 26.3 Å². The summed E-state index contributed by atoms with van der Waals surface area (Å²) in [5.41, 5.74) is 4.01. The first-order chi connectivity index (χ1) is 15.1. The molecule has 1 aromatic rings. The van der Waals surface area contributed by atoms with Crippen LogP contribution < -0.4 is 10.6 Å². The zero-order valence-electron chi connectivity index (χ0n) is 18.4. The number of ether oxygens (including phenoxy) is 4. The normalized spacial score (nSPS) is 19.8. The van der Waals surface area contributed by atoms with Gasteiger partial charge in [-0.15, -0.1) is 0 Å². The van der Waals surface area contributed by atoms with Crippen LogP contribution in [0.3, 0.4) is 0 Å². The number of esters is 3. The molecule has 0 aromatic heterocycles. The lowest BCUT2D eigenvalue weighted by Crippen LogP contribution is -2.51. The van der Waals surface area contributed by atoms with Gasteiger partial charge in [0.2, 0.25) is 11.8 Å². The molecule has 0 aliphatic carbocycles. The molecule has 32 heavy (non-hydrogen) atoms. The Hall–Kier alpha value is -3.82. The Bertz CT molecular complexity index is 1070. The van der Waals surface area contributed by atoms with Gasteiger partial charge in [-0.25, -0.2) is 9.59 Å². The lowest BCUT2D eigenvalue weighted by molar-refractivity contribution is -0.145. The van der Waals surface area contributed by atoms with Crippen LogP contribution in [0.25, 0.3) is 0 Å². The third kappa shape index (κ3) is 3.28. The first-order valence-electron chi connectivity index (χ1n) is 9.78. The first-order valence-corrected chi connectivity index (χ1v) is 9.78. The van der Waals surface area contributed by atoms with Gasteiger partial charge in [0.15, 0.2) is 0 Å². The van der Waals surface area contributed by atoms with E-state index in [0.717, 1.165) is 12.0 Å². The SMILES string of the molecule is COC(=O)CN1C(=O)[C@@]2(C(C(=O)OC(C)C)=C(C)OC(N)=C2C(=O)OC)c2ccccc21. The lowest BCUT2D eigenvalue weighted by Gasteiger charge is -2.36. The predicted molar refractivity (Wildman–Crippen MR) is 111 cm³/mol. The summed E-state index contributed by atoms with van der Waals surface area (Å²) >= 11 is 0. The first kappa shape index (κ1) is 22.9. The van der Waals surface area contributed by atoms with E-state index >= 15 is 0 Å². The second-order valence-corrected chi connectivity index (χ2v) is 7.45. The molecule has 2 N–H and O–H groups in total. The highest BCUT2D eigenvalue weighted by atomic mass is 16.5. The second kappa shape index (κ2) is 8.37. The lowest BCUT2D eigenvalue weighted by atomic mass is 9.67. The molecule has 1 aromatic carbocycles. The fourth-order valence-corrected chi connectivity index (χ4v) is 4.05. The third-order valence-corrected chi connectivity index (χ3v) is 5.23. The molecule has 0 radical (unpaired) electrons. The van der Waals surface area contributed by atoms with Crippen molar-refractivity contribution in [3.05, 3.63) is 52.6 Å². The number of fused-ring (bicyclic) bond motifs is 2. The molecule has 1 amide bonds. The van der Waals surface area contributed by atoms with E-state index in [1.165, 1.54) is 14.0 Å². The second-order valence-electron chi connectivity index (χ2n) is 7.45. The van der Waals surface area contributed by atoms with Crippen LogP contribution in [0.5, 0.6) is 0 Å². The predicted octanol–water partition coefficient (Wildman–Crippen LogP) is 1.04. The standard InChI is InChI=1S/C22H24N2O8/c1-11(2)31-20(27)16-12(3)32-18(23)17(19(26)30-5)22(16)13-8-6-7-9-14(13)24(21(22)28)10-15(25)29-4/h6-9,11H,10,23H2,1-5H3/t22-/m1/s1. The minimum atomic E-state index is -2.03. The Kier molecular flexibility index (Phi) is 5.98. The summed E-state index contributed by atoms with van der Waals surface area (Å²) in [6.07, 6.45) is -0.525. The number of amides is 1. The number of allylic oxidation sites excluding steroid dienone is 1. The van der Waals surface area contributed by atoms with Crippen LogP contribution in [0.4, 0.5) is 5.69 Å². The molecule has 1 atom stereocenters. The smallest absolute Gasteiger partial charge is 0.340 e. The molecule has 0 bridgehead atoms. The molecule has 1 spiro atoms. The third-order valence-electron chi connectivity index (χ3n) is 5.23. The number of carbonyl (C=O) groups excluding carboxylic acids is 4. The van der Waals surface area contributed by atoms with Crippen molar-refractivity contribution in [3.63, 3.8) is 0 Å². The van der Waals surface area contributed by atoms with Crippen molar-refractivity contribution in [2.24, 2.45) is 5.73 Å². The Balaban J connectivity index is 2.40. The molecule has 3 rings (SSSR count). The molecular formula is C22H24N2O8. The van der Waals surface area contributed by atoms with E-state index in [2.05, 4.69) is 0 Å². The summed E-state index contributed by atoms with van der Waals surface area (Å²) in [7, 11) is 2.30. The van der Waals surface area contributed by atoms with Crippen LogP contribution in [-0.2, 0) is 43.5 Å². The molecule has 0 unspecified atom stereocenters. The van der Waals surface area contributed by atoms with E-state index in [-0.39, 0.29) is 22.5 Å². The zero-order chi connectivity index (χ0) is 23.8. The Labute approximate surface area is 184 Å². The van der Waals surface area contributed by atoms with Crippen LogP contribution in [0, 0.1) is 0 Å². The molecule has 2 aliphatic rings. The van der Waals surface area contributed by atoms with Crippen LogP contribution in [0.15, 0.2) is 47.1 Å². The number of methoxy groups -OCH3 is 2. The van der Waals surface area contributed by atoms with Crippen molar-refractivity contribution >= 4 is 29.5 Å². The average Bonchev–Trinajstić information content (AvgIpc) is 2.96. The maximum Gasteiger partial charge on any atom is 0.340 e. The maximum atomic E-state index is 14.0. The summed E-state index contributed by atoms with van der Waals surface area (Å²) in [5.74, 6) is -3.68. The van der Waals surface area contributed by atoms with Crippen LogP contribution in [0.2, 0.25) is 0 Å². The number of benzene rings is 1. The summed E-state index contributed by atoms with van der Waals surface area (Å²) in [6.45, 7) is 4.28. The van der Waals surface area contributed by atoms with Crippen molar-refractivity contribution < 1.29 is 38.1 Å².